The number of amides is 1. The quantitative estimate of drug-likeness (QED) is 0.198. The van der Waals surface area contributed by atoms with Crippen molar-refractivity contribution < 1.29 is 26.4 Å². The number of benzene rings is 2. The van der Waals surface area contributed by atoms with Crippen molar-refractivity contribution in [3.8, 4) is 0 Å². The smallest absolute Gasteiger partial charge is 0.407 e. The molecule has 0 saturated carbocycles. The number of hydrogen-bond donors (Lipinski definition) is 3. The van der Waals surface area contributed by atoms with E-state index in [2.05, 4.69) is 45.6 Å². The van der Waals surface area contributed by atoms with Crippen LogP contribution in [0.4, 0.5) is 20.7 Å². The third-order valence-electron chi connectivity index (χ3n) is 5.84. The SMILES string of the molecule is CC(C)(C)OC(=O)NCC1CN(c2ccc(S(=O)(=O)Nc3nccs3)cc2)C1.O=S(=O)(Nc1nccs1)c1ccc(Br)cc1. The Kier molecular flexibility index (Phi) is 10.9. The Balaban J connectivity index is 0.000000233. The maximum absolute atomic E-state index is 12.4. The highest BCUT2D eigenvalue weighted by Crippen LogP contribution is 2.27. The van der Waals surface area contributed by atoms with Gasteiger partial charge in [-0.25, -0.2) is 31.6 Å². The maximum Gasteiger partial charge on any atom is 0.407 e. The number of ether oxygens (including phenoxy) is 1. The van der Waals surface area contributed by atoms with E-state index in [4.69, 9.17) is 4.74 Å². The summed E-state index contributed by atoms with van der Waals surface area (Å²) in [7, 11) is -7.16. The van der Waals surface area contributed by atoms with E-state index in [-0.39, 0.29) is 9.79 Å². The third-order valence-corrected chi connectivity index (χ3v) is 10.7. The molecule has 0 spiro atoms. The Morgan fingerprint density at radius 1 is 0.886 bits per heavy atom. The molecule has 0 radical (unpaired) electrons. The molecule has 0 aliphatic carbocycles. The molecule has 1 aliphatic heterocycles. The van der Waals surface area contributed by atoms with Gasteiger partial charge in [-0.15, -0.1) is 22.7 Å². The van der Waals surface area contributed by atoms with Crippen LogP contribution in [0.3, 0.4) is 0 Å². The molecule has 1 aliphatic rings. The number of carbonyl (C=O) groups is 1. The van der Waals surface area contributed by atoms with Gasteiger partial charge in [-0.2, -0.15) is 0 Å². The van der Waals surface area contributed by atoms with Crippen LogP contribution in [0.1, 0.15) is 20.8 Å². The number of aromatic nitrogens is 2. The zero-order valence-electron chi connectivity index (χ0n) is 23.9. The predicted molar refractivity (Wildman–Crippen MR) is 176 cm³/mol. The first-order chi connectivity index (χ1) is 20.7. The van der Waals surface area contributed by atoms with Crippen molar-refractivity contribution in [3.63, 3.8) is 0 Å². The van der Waals surface area contributed by atoms with Crippen LogP contribution in [0.15, 0.2) is 85.9 Å². The first-order valence-corrected chi connectivity index (χ1v) is 18.6. The predicted octanol–water partition coefficient (Wildman–Crippen LogP) is 5.61. The fraction of sp³-hybridized carbons (Fsp3) is 0.296. The Labute approximate surface area is 273 Å². The number of thiazole rings is 2. The molecular weight excluding hydrogens is 713 g/mol. The molecule has 44 heavy (non-hydrogen) atoms. The molecule has 0 unspecified atom stereocenters. The summed E-state index contributed by atoms with van der Waals surface area (Å²) in [5.41, 5.74) is 0.438. The fourth-order valence-corrected chi connectivity index (χ4v) is 7.64. The zero-order valence-corrected chi connectivity index (χ0v) is 28.8. The number of anilines is 3. The lowest BCUT2D eigenvalue weighted by atomic mass is 9.99. The molecule has 2 aromatic carbocycles. The summed E-state index contributed by atoms with van der Waals surface area (Å²) in [4.78, 5) is 22.0. The zero-order chi connectivity index (χ0) is 32.0. The molecule has 0 atom stereocenters. The van der Waals surface area contributed by atoms with Gasteiger partial charge in [0, 0.05) is 58.9 Å². The van der Waals surface area contributed by atoms with Crippen LogP contribution in [0.5, 0.6) is 0 Å². The van der Waals surface area contributed by atoms with E-state index in [1.165, 1.54) is 34.8 Å². The van der Waals surface area contributed by atoms with E-state index in [0.717, 1.165) is 23.2 Å². The van der Waals surface area contributed by atoms with Gasteiger partial charge in [0.1, 0.15) is 5.60 Å². The lowest BCUT2D eigenvalue weighted by Gasteiger charge is -2.41. The van der Waals surface area contributed by atoms with E-state index in [1.54, 1.807) is 59.6 Å². The second-order valence-corrected chi connectivity index (χ2v) is 16.6. The van der Waals surface area contributed by atoms with Crippen molar-refractivity contribution in [2.24, 2.45) is 5.92 Å². The minimum Gasteiger partial charge on any atom is -0.444 e. The van der Waals surface area contributed by atoms with Gasteiger partial charge >= 0.3 is 6.09 Å². The standard InChI is InChI=1S/C18H24N4O4S2.C9H7BrN2O2S2/c1-18(2,3)26-17(23)20-10-13-11-22(12-13)14-4-6-15(7-5-14)28(24,25)21-16-19-8-9-27-16;10-7-1-3-8(4-2-7)16(13,14)12-9-11-5-6-15-9/h4-9,13H,10-12H2,1-3H3,(H,19,21)(H,20,23);1-6H,(H,11,12). The molecular formula is C27H31BrN6O6S4. The number of nitrogens with one attached hydrogen (secondary N) is 3. The molecule has 5 rings (SSSR count). The van der Waals surface area contributed by atoms with Crippen molar-refractivity contribution >= 4 is 80.7 Å². The van der Waals surface area contributed by atoms with Crippen molar-refractivity contribution in [1.29, 1.82) is 0 Å². The highest BCUT2D eigenvalue weighted by molar-refractivity contribution is 9.10. The lowest BCUT2D eigenvalue weighted by molar-refractivity contribution is 0.0516. The van der Waals surface area contributed by atoms with Crippen molar-refractivity contribution in [3.05, 3.63) is 76.2 Å². The molecule has 17 heteroatoms. The number of rotatable bonds is 9. The van der Waals surface area contributed by atoms with Crippen molar-refractivity contribution in [1.82, 2.24) is 15.3 Å². The van der Waals surface area contributed by atoms with Gasteiger partial charge in [0.25, 0.3) is 20.0 Å². The average Bonchev–Trinajstić information content (AvgIpc) is 3.62. The Morgan fingerprint density at radius 3 is 1.80 bits per heavy atom. The Hall–Kier alpha value is -3.25. The van der Waals surface area contributed by atoms with Gasteiger partial charge in [0.15, 0.2) is 10.3 Å². The van der Waals surface area contributed by atoms with Crippen LogP contribution >= 0.6 is 38.6 Å². The second-order valence-electron chi connectivity index (χ2n) is 10.5. The van der Waals surface area contributed by atoms with E-state index in [9.17, 15) is 21.6 Å². The third kappa shape index (κ3) is 9.88. The van der Waals surface area contributed by atoms with Crippen molar-refractivity contribution in [2.45, 2.75) is 36.2 Å². The molecule has 3 heterocycles. The van der Waals surface area contributed by atoms with Crippen LogP contribution in [0, 0.1) is 5.92 Å². The van der Waals surface area contributed by atoms with Gasteiger partial charge in [-0.3, -0.25) is 9.44 Å². The molecule has 12 nitrogen and oxygen atoms in total. The summed E-state index contributed by atoms with van der Waals surface area (Å²) in [6.07, 6.45) is 2.68. The van der Waals surface area contributed by atoms with E-state index < -0.39 is 31.7 Å². The van der Waals surface area contributed by atoms with Gasteiger partial charge < -0.3 is 15.0 Å². The van der Waals surface area contributed by atoms with Gasteiger partial charge in [0.2, 0.25) is 0 Å². The largest absolute Gasteiger partial charge is 0.444 e. The number of sulfonamides is 2. The first kappa shape index (κ1) is 33.6. The minimum absolute atomic E-state index is 0.190. The van der Waals surface area contributed by atoms with Crippen LogP contribution < -0.4 is 19.7 Å². The number of nitrogens with zero attached hydrogens (tertiary/aromatic N) is 3. The van der Waals surface area contributed by atoms with Crippen LogP contribution in [0.2, 0.25) is 0 Å². The molecule has 4 aromatic rings. The highest BCUT2D eigenvalue weighted by Gasteiger charge is 2.28. The van der Waals surface area contributed by atoms with Crippen LogP contribution in [-0.4, -0.2) is 58.1 Å². The maximum atomic E-state index is 12.4. The molecule has 1 fully saturated rings. The van der Waals surface area contributed by atoms with Crippen molar-refractivity contribution in [2.75, 3.05) is 34.0 Å². The monoisotopic (exact) mass is 742 g/mol. The molecule has 2 aromatic heterocycles. The number of hydrogen-bond acceptors (Lipinski definition) is 11. The minimum atomic E-state index is -3.64. The number of halogens is 1. The first-order valence-electron chi connectivity index (χ1n) is 13.1. The number of carbonyl (C=O) groups excluding carboxylic acids is 1. The number of alkyl carbamates (subject to hydrolysis) is 1. The summed E-state index contributed by atoms with van der Waals surface area (Å²) < 4.78 is 59.3. The summed E-state index contributed by atoms with van der Waals surface area (Å²) >= 11 is 5.71. The molecule has 1 amide bonds. The van der Waals surface area contributed by atoms with E-state index in [0.29, 0.717) is 22.7 Å². The average molecular weight is 744 g/mol. The Bertz CT molecular complexity index is 1720. The van der Waals surface area contributed by atoms with E-state index >= 15 is 0 Å². The van der Waals surface area contributed by atoms with Gasteiger partial charge in [-0.1, -0.05) is 15.9 Å². The Morgan fingerprint density at radius 2 is 1.36 bits per heavy atom. The van der Waals surface area contributed by atoms with Crippen LogP contribution in [0.25, 0.3) is 0 Å². The molecule has 236 valence electrons. The molecule has 0 bridgehead atoms. The van der Waals surface area contributed by atoms with E-state index in [1.807, 2.05) is 20.8 Å². The van der Waals surface area contributed by atoms with Crippen LogP contribution in [-0.2, 0) is 24.8 Å². The summed E-state index contributed by atoms with van der Waals surface area (Å²) in [5.74, 6) is 0.336. The summed E-state index contributed by atoms with van der Waals surface area (Å²) in [6, 6.07) is 13.1. The summed E-state index contributed by atoms with van der Waals surface area (Å²) in [5, 5.41) is 6.90. The molecule has 1 saturated heterocycles. The summed E-state index contributed by atoms with van der Waals surface area (Å²) in [6.45, 7) is 7.62. The van der Waals surface area contributed by atoms with Gasteiger partial charge in [-0.05, 0) is 69.3 Å². The molecule has 3 N–H and O–H groups in total. The lowest BCUT2D eigenvalue weighted by Crippen LogP contribution is -2.52. The second kappa shape index (κ2) is 14.2. The highest BCUT2D eigenvalue weighted by atomic mass is 79.9. The normalized spacial score (nSPS) is 13.7. The fourth-order valence-electron chi connectivity index (χ4n) is 3.80. The van der Waals surface area contributed by atoms with Gasteiger partial charge in [0.05, 0.1) is 9.79 Å². The topological polar surface area (TPSA) is 160 Å².